The zero-order valence-corrected chi connectivity index (χ0v) is 16.0. The Labute approximate surface area is 163 Å². The number of benzene rings is 1. The van der Waals surface area contributed by atoms with E-state index in [1.165, 1.54) is 12.1 Å². The maximum Gasteiger partial charge on any atom is 0.338 e. The summed E-state index contributed by atoms with van der Waals surface area (Å²) in [5, 5.41) is 38.6. The first-order valence-electron chi connectivity index (χ1n) is 9.32. The standard InChI is InChI=1S/C19H28O9/c1-3-5-25-12-7-11(8-13(9-12)26-6-4-2)18(23)27-10-14-15(20)16(21)17(22)19(24)28-14/h7-9,14-17,19-22,24H,3-6,10H2,1-2H3/t14?,15-,16+,17?,19+/m1/s1. The fourth-order valence-electron chi connectivity index (χ4n) is 2.61. The minimum absolute atomic E-state index is 0.186. The summed E-state index contributed by atoms with van der Waals surface area (Å²) in [6.07, 6.45) is -6.07. The van der Waals surface area contributed by atoms with Crippen molar-refractivity contribution in [2.45, 2.75) is 57.4 Å². The van der Waals surface area contributed by atoms with Crippen molar-refractivity contribution < 1.29 is 44.2 Å². The van der Waals surface area contributed by atoms with Gasteiger partial charge in [0.15, 0.2) is 6.29 Å². The van der Waals surface area contributed by atoms with Gasteiger partial charge in [0, 0.05) is 6.07 Å². The molecule has 1 heterocycles. The number of aliphatic hydroxyl groups is 4. The Kier molecular flexibility index (Phi) is 8.46. The number of ether oxygens (including phenoxy) is 4. The van der Waals surface area contributed by atoms with Gasteiger partial charge in [0.25, 0.3) is 0 Å². The van der Waals surface area contributed by atoms with Gasteiger partial charge in [-0.15, -0.1) is 0 Å². The van der Waals surface area contributed by atoms with Crippen molar-refractivity contribution in [1.29, 1.82) is 0 Å². The minimum atomic E-state index is -1.69. The van der Waals surface area contributed by atoms with Crippen LogP contribution in [-0.4, -0.2) is 76.9 Å². The molecule has 28 heavy (non-hydrogen) atoms. The summed E-state index contributed by atoms with van der Waals surface area (Å²) in [4.78, 5) is 12.4. The van der Waals surface area contributed by atoms with Crippen molar-refractivity contribution in [2.75, 3.05) is 19.8 Å². The highest BCUT2D eigenvalue weighted by atomic mass is 16.6. The van der Waals surface area contributed by atoms with Crippen LogP contribution >= 0.6 is 0 Å². The molecule has 9 heteroatoms. The Morgan fingerprint density at radius 2 is 1.50 bits per heavy atom. The Balaban J connectivity index is 2.05. The van der Waals surface area contributed by atoms with Crippen molar-refractivity contribution in [3.8, 4) is 11.5 Å². The van der Waals surface area contributed by atoms with Gasteiger partial charge in [-0.25, -0.2) is 4.79 Å². The van der Waals surface area contributed by atoms with Crippen LogP contribution in [0.3, 0.4) is 0 Å². The number of rotatable bonds is 9. The first kappa shape index (κ1) is 22.4. The van der Waals surface area contributed by atoms with Crippen LogP contribution in [0.25, 0.3) is 0 Å². The summed E-state index contributed by atoms with van der Waals surface area (Å²) in [6, 6.07) is 4.72. The van der Waals surface area contributed by atoms with Gasteiger partial charge in [-0.1, -0.05) is 13.8 Å². The third-order valence-electron chi connectivity index (χ3n) is 4.13. The summed E-state index contributed by atoms with van der Waals surface area (Å²) < 4.78 is 21.3. The van der Waals surface area contributed by atoms with Crippen LogP contribution < -0.4 is 9.47 Å². The summed E-state index contributed by atoms with van der Waals surface area (Å²) in [6.45, 7) is 4.45. The van der Waals surface area contributed by atoms with Crippen molar-refractivity contribution >= 4 is 5.97 Å². The van der Waals surface area contributed by atoms with Gasteiger partial charge in [0.1, 0.15) is 42.5 Å². The molecule has 0 amide bonds. The van der Waals surface area contributed by atoms with Crippen LogP contribution in [0.15, 0.2) is 18.2 Å². The molecule has 1 aromatic carbocycles. The van der Waals surface area contributed by atoms with E-state index in [-0.39, 0.29) is 5.56 Å². The van der Waals surface area contributed by atoms with E-state index in [0.29, 0.717) is 24.7 Å². The average Bonchev–Trinajstić information content (AvgIpc) is 2.70. The van der Waals surface area contributed by atoms with E-state index in [1.54, 1.807) is 6.07 Å². The van der Waals surface area contributed by atoms with Crippen LogP contribution in [0, 0.1) is 0 Å². The minimum Gasteiger partial charge on any atom is -0.493 e. The second kappa shape index (κ2) is 10.6. The van der Waals surface area contributed by atoms with Gasteiger partial charge < -0.3 is 39.4 Å². The van der Waals surface area contributed by atoms with Gasteiger partial charge in [0.05, 0.1) is 18.8 Å². The summed E-state index contributed by atoms with van der Waals surface area (Å²) >= 11 is 0. The van der Waals surface area contributed by atoms with Crippen LogP contribution in [0.5, 0.6) is 11.5 Å². The predicted molar refractivity (Wildman–Crippen MR) is 97.2 cm³/mol. The number of carbonyl (C=O) groups excluding carboxylic acids is 1. The Bertz CT molecular complexity index is 610. The van der Waals surface area contributed by atoms with Crippen LogP contribution in [0.1, 0.15) is 37.0 Å². The molecule has 0 saturated carbocycles. The van der Waals surface area contributed by atoms with Crippen molar-refractivity contribution in [2.24, 2.45) is 0 Å². The molecular formula is C19H28O9. The van der Waals surface area contributed by atoms with E-state index in [4.69, 9.17) is 18.9 Å². The Morgan fingerprint density at radius 1 is 0.929 bits per heavy atom. The molecule has 9 nitrogen and oxygen atoms in total. The van der Waals surface area contributed by atoms with Crippen molar-refractivity contribution in [1.82, 2.24) is 0 Å². The molecule has 0 bridgehead atoms. The maximum atomic E-state index is 12.4. The predicted octanol–water partition coefficient (Wildman–Crippen LogP) is 0.221. The molecule has 1 fully saturated rings. The van der Waals surface area contributed by atoms with Gasteiger partial charge in [-0.2, -0.15) is 0 Å². The zero-order valence-electron chi connectivity index (χ0n) is 16.0. The smallest absolute Gasteiger partial charge is 0.338 e. The first-order valence-corrected chi connectivity index (χ1v) is 9.32. The van der Waals surface area contributed by atoms with Gasteiger partial charge in [-0.05, 0) is 25.0 Å². The lowest BCUT2D eigenvalue weighted by Gasteiger charge is -2.37. The normalized spacial score (nSPS) is 27.3. The fraction of sp³-hybridized carbons (Fsp3) is 0.632. The number of hydrogen-bond acceptors (Lipinski definition) is 9. The summed E-state index contributed by atoms with van der Waals surface area (Å²) in [7, 11) is 0. The highest BCUT2D eigenvalue weighted by Gasteiger charge is 2.43. The van der Waals surface area contributed by atoms with Crippen LogP contribution in [0.4, 0.5) is 0 Å². The quantitative estimate of drug-likeness (QED) is 0.429. The fourth-order valence-corrected chi connectivity index (χ4v) is 2.61. The highest BCUT2D eigenvalue weighted by Crippen LogP contribution is 2.25. The van der Waals surface area contributed by atoms with Crippen molar-refractivity contribution in [3.05, 3.63) is 23.8 Å². The van der Waals surface area contributed by atoms with E-state index >= 15 is 0 Å². The van der Waals surface area contributed by atoms with Crippen molar-refractivity contribution in [3.63, 3.8) is 0 Å². The lowest BCUT2D eigenvalue weighted by atomic mass is 9.99. The number of hydrogen-bond donors (Lipinski definition) is 4. The number of carbonyl (C=O) groups is 1. The number of esters is 1. The first-order chi connectivity index (χ1) is 13.4. The SMILES string of the molecule is CCCOc1cc(OCCC)cc(C(=O)OCC2O[C@H](O)C(O)[C@@H](O)[C@@H]2O)c1. The zero-order chi connectivity index (χ0) is 20.7. The van der Waals surface area contributed by atoms with Crippen LogP contribution in [-0.2, 0) is 9.47 Å². The monoisotopic (exact) mass is 400 g/mol. The molecule has 2 rings (SSSR count). The molecule has 0 spiro atoms. The lowest BCUT2D eigenvalue weighted by molar-refractivity contribution is -0.286. The van der Waals surface area contributed by atoms with E-state index in [9.17, 15) is 25.2 Å². The molecule has 1 aliphatic heterocycles. The summed E-state index contributed by atoms with van der Waals surface area (Å²) in [5.41, 5.74) is 0.186. The van der Waals surface area contributed by atoms with Crippen LogP contribution in [0.2, 0.25) is 0 Å². The highest BCUT2D eigenvalue weighted by molar-refractivity contribution is 5.90. The molecule has 1 saturated heterocycles. The topological polar surface area (TPSA) is 135 Å². The largest absolute Gasteiger partial charge is 0.493 e. The third kappa shape index (κ3) is 5.79. The van der Waals surface area contributed by atoms with E-state index in [2.05, 4.69) is 0 Å². The molecule has 1 aromatic rings. The molecule has 0 aromatic heterocycles. The third-order valence-corrected chi connectivity index (χ3v) is 4.13. The molecule has 0 aliphatic carbocycles. The molecule has 0 radical (unpaired) electrons. The average molecular weight is 400 g/mol. The van der Waals surface area contributed by atoms with Gasteiger partial charge in [-0.3, -0.25) is 0 Å². The Hall–Kier alpha value is -1.91. The molecule has 158 valence electrons. The van der Waals surface area contributed by atoms with E-state index in [1.807, 2.05) is 13.8 Å². The van der Waals surface area contributed by atoms with Gasteiger partial charge in [0.2, 0.25) is 0 Å². The van der Waals surface area contributed by atoms with E-state index in [0.717, 1.165) is 12.8 Å². The summed E-state index contributed by atoms with van der Waals surface area (Å²) in [5.74, 6) is 0.213. The Morgan fingerprint density at radius 3 is 2.04 bits per heavy atom. The number of aliphatic hydroxyl groups excluding tert-OH is 4. The molecule has 4 N–H and O–H groups in total. The molecule has 5 atom stereocenters. The molecule has 2 unspecified atom stereocenters. The molecule has 1 aliphatic rings. The van der Waals surface area contributed by atoms with Gasteiger partial charge >= 0.3 is 5.97 Å². The van der Waals surface area contributed by atoms with E-state index < -0.39 is 43.3 Å². The maximum absolute atomic E-state index is 12.4. The second-order valence-corrected chi connectivity index (χ2v) is 6.53. The molecular weight excluding hydrogens is 372 g/mol. The lowest BCUT2D eigenvalue weighted by Crippen LogP contribution is -2.58. The second-order valence-electron chi connectivity index (χ2n) is 6.53.